The summed E-state index contributed by atoms with van der Waals surface area (Å²) in [4.78, 5) is 19.0. The molecule has 0 fully saturated rings. The molecule has 0 bridgehead atoms. The van der Waals surface area contributed by atoms with Gasteiger partial charge in [0.15, 0.2) is 11.4 Å². The van der Waals surface area contributed by atoms with Gasteiger partial charge in [0.2, 0.25) is 0 Å². The van der Waals surface area contributed by atoms with Crippen LogP contribution in [0.1, 0.15) is 21.7 Å². The van der Waals surface area contributed by atoms with Gasteiger partial charge in [0, 0.05) is 28.1 Å². The lowest BCUT2D eigenvalue weighted by atomic mass is 10.2. The molecule has 6 heteroatoms. The minimum Gasteiger partial charge on any atom is -0.486 e. The normalized spacial score (nSPS) is 10.2. The van der Waals surface area contributed by atoms with Gasteiger partial charge in [-0.15, -0.1) is 0 Å². The van der Waals surface area contributed by atoms with E-state index in [1.54, 1.807) is 31.5 Å². The number of pyridine rings is 2. The van der Waals surface area contributed by atoms with Gasteiger partial charge in [-0.25, -0.2) is 9.78 Å². The SMILES string of the molecule is Cc1ccc(OCc2cncc(Br)c2)c(C(=O)O)n1. The molecule has 2 aromatic rings. The number of aromatic nitrogens is 2. The molecule has 0 atom stereocenters. The van der Waals surface area contributed by atoms with Crippen molar-refractivity contribution in [3.05, 3.63) is 52.0 Å². The number of hydrogen-bond acceptors (Lipinski definition) is 4. The molecule has 2 aromatic heterocycles. The smallest absolute Gasteiger partial charge is 0.358 e. The molecule has 1 N–H and O–H groups in total. The molecule has 0 spiro atoms. The summed E-state index contributed by atoms with van der Waals surface area (Å²) in [5, 5.41) is 9.07. The van der Waals surface area contributed by atoms with Crippen LogP contribution in [0.15, 0.2) is 35.1 Å². The van der Waals surface area contributed by atoms with Gasteiger partial charge in [-0.2, -0.15) is 0 Å². The zero-order valence-electron chi connectivity index (χ0n) is 10.1. The van der Waals surface area contributed by atoms with E-state index in [1.165, 1.54) is 0 Å². The van der Waals surface area contributed by atoms with E-state index in [-0.39, 0.29) is 18.1 Å². The third-order valence-corrected chi connectivity index (χ3v) is 2.79. The molecule has 0 aliphatic heterocycles. The van der Waals surface area contributed by atoms with E-state index >= 15 is 0 Å². The zero-order valence-corrected chi connectivity index (χ0v) is 11.7. The monoisotopic (exact) mass is 322 g/mol. The fraction of sp³-hybridized carbons (Fsp3) is 0.154. The molecule has 0 aliphatic rings. The highest BCUT2D eigenvalue weighted by atomic mass is 79.9. The largest absolute Gasteiger partial charge is 0.486 e. The summed E-state index contributed by atoms with van der Waals surface area (Å²) in [6.45, 7) is 1.96. The molecule has 0 amide bonds. The highest BCUT2D eigenvalue weighted by Crippen LogP contribution is 2.19. The van der Waals surface area contributed by atoms with Gasteiger partial charge in [0.05, 0.1) is 0 Å². The molecular formula is C13H11BrN2O3. The fourth-order valence-corrected chi connectivity index (χ4v) is 1.92. The van der Waals surface area contributed by atoms with Crippen LogP contribution in [0.5, 0.6) is 5.75 Å². The second kappa shape index (κ2) is 5.79. The number of hydrogen-bond donors (Lipinski definition) is 1. The quantitative estimate of drug-likeness (QED) is 0.937. The van der Waals surface area contributed by atoms with Crippen LogP contribution in [0.4, 0.5) is 0 Å². The van der Waals surface area contributed by atoms with Gasteiger partial charge in [0.1, 0.15) is 6.61 Å². The Morgan fingerprint density at radius 2 is 2.21 bits per heavy atom. The predicted molar refractivity (Wildman–Crippen MR) is 72.2 cm³/mol. The lowest BCUT2D eigenvalue weighted by Crippen LogP contribution is -2.07. The summed E-state index contributed by atoms with van der Waals surface area (Å²) in [5.41, 5.74) is 1.39. The Kier molecular flexibility index (Phi) is 4.11. The Labute approximate surface area is 118 Å². The summed E-state index contributed by atoms with van der Waals surface area (Å²) < 4.78 is 6.33. The summed E-state index contributed by atoms with van der Waals surface area (Å²) in [7, 11) is 0. The standard InChI is InChI=1S/C13H11BrN2O3/c1-8-2-3-11(12(16-8)13(17)18)19-7-9-4-10(14)6-15-5-9/h2-6H,7H2,1H3,(H,17,18). The topological polar surface area (TPSA) is 72.3 Å². The minimum atomic E-state index is -1.11. The average molecular weight is 323 g/mol. The van der Waals surface area contributed by atoms with E-state index < -0.39 is 5.97 Å². The van der Waals surface area contributed by atoms with Crippen LogP contribution >= 0.6 is 15.9 Å². The van der Waals surface area contributed by atoms with Crippen LogP contribution in [-0.2, 0) is 6.61 Å². The highest BCUT2D eigenvalue weighted by Gasteiger charge is 2.13. The van der Waals surface area contributed by atoms with E-state index in [2.05, 4.69) is 25.9 Å². The van der Waals surface area contributed by atoms with E-state index in [1.807, 2.05) is 6.07 Å². The maximum absolute atomic E-state index is 11.1. The second-order valence-corrected chi connectivity index (χ2v) is 4.82. The van der Waals surface area contributed by atoms with Crippen molar-refractivity contribution in [1.82, 2.24) is 9.97 Å². The first-order valence-corrected chi connectivity index (χ1v) is 6.29. The molecule has 0 radical (unpaired) electrons. The van der Waals surface area contributed by atoms with Crippen LogP contribution in [0, 0.1) is 6.92 Å². The molecular weight excluding hydrogens is 312 g/mol. The Morgan fingerprint density at radius 3 is 2.89 bits per heavy atom. The van der Waals surface area contributed by atoms with E-state index in [0.29, 0.717) is 5.69 Å². The molecule has 5 nitrogen and oxygen atoms in total. The van der Waals surface area contributed by atoms with Crippen molar-refractivity contribution in [3.8, 4) is 5.75 Å². The van der Waals surface area contributed by atoms with Crippen molar-refractivity contribution in [2.24, 2.45) is 0 Å². The number of nitrogens with zero attached hydrogens (tertiary/aromatic N) is 2. The van der Waals surface area contributed by atoms with Crippen molar-refractivity contribution in [3.63, 3.8) is 0 Å². The van der Waals surface area contributed by atoms with E-state index in [0.717, 1.165) is 10.0 Å². The molecule has 98 valence electrons. The number of aromatic carboxylic acids is 1. The molecule has 0 aliphatic carbocycles. The van der Waals surface area contributed by atoms with Crippen LogP contribution in [0.3, 0.4) is 0 Å². The minimum absolute atomic E-state index is 0.0806. The number of ether oxygens (including phenoxy) is 1. The first-order valence-electron chi connectivity index (χ1n) is 5.49. The third-order valence-electron chi connectivity index (χ3n) is 2.36. The Balaban J connectivity index is 2.17. The fourth-order valence-electron chi connectivity index (χ4n) is 1.51. The first kappa shape index (κ1) is 13.5. The molecule has 2 heterocycles. The zero-order chi connectivity index (χ0) is 13.8. The second-order valence-electron chi connectivity index (χ2n) is 3.90. The van der Waals surface area contributed by atoms with Crippen LogP contribution in [-0.4, -0.2) is 21.0 Å². The van der Waals surface area contributed by atoms with Crippen molar-refractivity contribution in [2.45, 2.75) is 13.5 Å². The van der Waals surface area contributed by atoms with Crippen molar-refractivity contribution in [1.29, 1.82) is 0 Å². The lowest BCUT2D eigenvalue weighted by Gasteiger charge is -2.09. The molecule has 0 saturated heterocycles. The van der Waals surface area contributed by atoms with Crippen LogP contribution in [0.25, 0.3) is 0 Å². The maximum Gasteiger partial charge on any atom is 0.358 e. The Hall–Kier alpha value is -1.95. The Bertz CT molecular complexity index is 617. The van der Waals surface area contributed by atoms with E-state index in [9.17, 15) is 4.79 Å². The first-order chi connectivity index (χ1) is 9.06. The third kappa shape index (κ3) is 3.51. The van der Waals surface area contributed by atoms with Gasteiger partial charge in [-0.3, -0.25) is 4.98 Å². The van der Waals surface area contributed by atoms with Gasteiger partial charge in [-0.05, 0) is 41.1 Å². The number of aryl methyl sites for hydroxylation is 1. The molecule has 0 unspecified atom stereocenters. The van der Waals surface area contributed by atoms with Gasteiger partial charge in [0.25, 0.3) is 0 Å². The molecule has 0 saturated carbocycles. The van der Waals surface area contributed by atoms with Crippen molar-refractivity contribution in [2.75, 3.05) is 0 Å². The van der Waals surface area contributed by atoms with E-state index in [4.69, 9.17) is 9.84 Å². The molecule has 0 aromatic carbocycles. The Morgan fingerprint density at radius 1 is 1.42 bits per heavy atom. The van der Waals surface area contributed by atoms with Gasteiger partial charge in [-0.1, -0.05) is 0 Å². The van der Waals surface area contributed by atoms with Crippen molar-refractivity contribution < 1.29 is 14.6 Å². The summed E-state index contributed by atoms with van der Waals surface area (Å²) >= 11 is 3.31. The van der Waals surface area contributed by atoms with Gasteiger partial charge < -0.3 is 9.84 Å². The summed E-state index contributed by atoms with van der Waals surface area (Å²) in [6.07, 6.45) is 3.33. The average Bonchev–Trinajstić information content (AvgIpc) is 2.37. The summed E-state index contributed by atoms with van der Waals surface area (Å²) in [5.74, 6) is -0.857. The van der Waals surface area contributed by atoms with Gasteiger partial charge >= 0.3 is 5.97 Å². The van der Waals surface area contributed by atoms with Crippen LogP contribution in [0.2, 0.25) is 0 Å². The predicted octanol–water partition coefficient (Wildman–Crippen LogP) is 2.82. The number of carboxylic acid groups (broad SMARTS) is 1. The number of carbonyl (C=O) groups is 1. The number of halogens is 1. The number of carboxylic acids is 1. The molecule has 2 rings (SSSR count). The number of rotatable bonds is 4. The maximum atomic E-state index is 11.1. The molecule has 19 heavy (non-hydrogen) atoms. The highest BCUT2D eigenvalue weighted by molar-refractivity contribution is 9.10. The van der Waals surface area contributed by atoms with Crippen molar-refractivity contribution >= 4 is 21.9 Å². The summed E-state index contributed by atoms with van der Waals surface area (Å²) in [6, 6.07) is 5.17. The van der Waals surface area contributed by atoms with Crippen LogP contribution < -0.4 is 4.74 Å². The lowest BCUT2D eigenvalue weighted by molar-refractivity contribution is 0.0684.